The molecule has 4 nitrogen and oxygen atoms in total. The van der Waals surface area contributed by atoms with E-state index in [-0.39, 0.29) is 0 Å². The highest BCUT2D eigenvalue weighted by Crippen LogP contribution is 2.61. The molecule has 20 heavy (non-hydrogen) atoms. The van der Waals surface area contributed by atoms with Crippen LogP contribution in [-0.2, 0) is 0 Å². The molecule has 3 aliphatic rings. The predicted octanol–water partition coefficient (Wildman–Crippen LogP) is 3.26. The number of nitrogens with two attached hydrogens (primary N) is 1. The number of allylic oxidation sites excluding steroid dienone is 4. The molecule has 0 aromatic rings. The van der Waals surface area contributed by atoms with Crippen molar-refractivity contribution < 1.29 is 4.79 Å². The summed E-state index contributed by atoms with van der Waals surface area (Å²) in [4.78, 5) is 10.8. The van der Waals surface area contributed by atoms with Crippen LogP contribution in [0.3, 0.4) is 0 Å². The van der Waals surface area contributed by atoms with Crippen molar-refractivity contribution in [3.63, 3.8) is 0 Å². The summed E-state index contributed by atoms with van der Waals surface area (Å²) >= 11 is 0. The maximum Gasteiger partial charge on any atom is 0.332 e. The average Bonchev–Trinajstić information content (AvgIpc) is 2.62. The molecule has 108 valence electrons. The van der Waals surface area contributed by atoms with Gasteiger partial charge in [0.05, 0.1) is 0 Å². The molecule has 0 spiro atoms. The number of nitrogens with one attached hydrogen (secondary N) is 1. The lowest BCUT2D eigenvalue weighted by Gasteiger charge is -2.53. The minimum atomic E-state index is -0.573. The number of nitrogens with zero attached hydrogens (tertiary/aromatic N) is 1. The third-order valence-corrected chi connectivity index (χ3v) is 5.60. The highest BCUT2D eigenvalue weighted by atomic mass is 16.2. The van der Waals surface area contributed by atoms with Crippen LogP contribution in [0.4, 0.5) is 4.79 Å². The fourth-order valence-corrected chi connectivity index (χ4v) is 4.35. The lowest BCUT2D eigenvalue weighted by atomic mass is 9.51. The number of hydrogen-bond acceptors (Lipinski definition) is 2. The Hall–Kier alpha value is -1.58. The monoisotopic (exact) mass is 273 g/mol. The first kappa shape index (κ1) is 13.4. The SMILES string of the molecule is NC(=O)NN=C1CCC23CC=CCC2(CC=CC3)CC1. The van der Waals surface area contributed by atoms with Crippen LogP contribution in [0.25, 0.3) is 0 Å². The van der Waals surface area contributed by atoms with E-state index < -0.39 is 6.03 Å². The molecule has 0 aromatic heterocycles. The van der Waals surface area contributed by atoms with E-state index in [1.54, 1.807) is 0 Å². The van der Waals surface area contributed by atoms with Crippen LogP contribution in [0.2, 0.25) is 0 Å². The van der Waals surface area contributed by atoms with Gasteiger partial charge in [-0.1, -0.05) is 24.3 Å². The first-order chi connectivity index (χ1) is 9.66. The summed E-state index contributed by atoms with van der Waals surface area (Å²) in [6.45, 7) is 0. The van der Waals surface area contributed by atoms with E-state index in [9.17, 15) is 4.79 Å². The van der Waals surface area contributed by atoms with Gasteiger partial charge < -0.3 is 5.73 Å². The second-order valence-corrected chi connectivity index (χ2v) is 6.47. The predicted molar refractivity (Wildman–Crippen MR) is 80.2 cm³/mol. The highest BCUT2D eigenvalue weighted by molar-refractivity contribution is 5.86. The molecule has 0 radical (unpaired) electrons. The lowest BCUT2D eigenvalue weighted by Crippen LogP contribution is -2.43. The number of carbonyl (C=O) groups excluding carboxylic acids is 1. The van der Waals surface area contributed by atoms with Gasteiger partial charge in [0.25, 0.3) is 0 Å². The Labute approximate surface area is 120 Å². The van der Waals surface area contributed by atoms with Crippen LogP contribution in [0, 0.1) is 10.8 Å². The minimum absolute atomic E-state index is 0.403. The number of hydrogen-bond donors (Lipinski definition) is 2. The van der Waals surface area contributed by atoms with Crippen molar-refractivity contribution in [2.75, 3.05) is 0 Å². The number of amides is 2. The van der Waals surface area contributed by atoms with Gasteiger partial charge in [0.1, 0.15) is 0 Å². The molecule has 0 saturated heterocycles. The fourth-order valence-electron chi connectivity index (χ4n) is 4.35. The lowest BCUT2D eigenvalue weighted by molar-refractivity contribution is 0.0162. The van der Waals surface area contributed by atoms with Crippen molar-refractivity contribution in [1.82, 2.24) is 5.43 Å². The van der Waals surface area contributed by atoms with Gasteiger partial charge in [0.2, 0.25) is 0 Å². The topological polar surface area (TPSA) is 67.5 Å². The van der Waals surface area contributed by atoms with E-state index in [0.717, 1.165) is 18.6 Å². The van der Waals surface area contributed by atoms with Gasteiger partial charge in [-0.15, -0.1) is 0 Å². The molecule has 0 aromatic carbocycles. The molecular formula is C16H23N3O. The zero-order chi connectivity index (χ0) is 14.1. The number of carbonyl (C=O) groups is 1. The van der Waals surface area contributed by atoms with Gasteiger partial charge in [0, 0.05) is 5.71 Å². The van der Waals surface area contributed by atoms with Crippen molar-refractivity contribution in [2.45, 2.75) is 51.4 Å². The zero-order valence-corrected chi connectivity index (χ0v) is 11.9. The van der Waals surface area contributed by atoms with Crippen molar-refractivity contribution in [1.29, 1.82) is 0 Å². The summed E-state index contributed by atoms with van der Waals surface area (Å²) in [6, 6.07) is -0.573. The smallest absolute Gasteiger partial charge is 0.332 e. The van der Waals surface area contributed by atoms with Gasteiger partial charge >= 0.3 is 6.03 Å². The Bertz CT molecular complexity index is 440. The standard InChI is InChI=1S/C16H23N3O/c17-14(20)19-18-13-5-11-15-7-1-2-8-16(15,12-6-13)10-4-3-9-15/h1-4H,5-12H2,(H3,17,19,20). The summed E-state index contributed by atoms with van der Waals surface area (Å²) in [5.41, 5.74) is 9.40. The first-order valence-electron chi connectivity index (χ1n) is 7.57. The van der Waals surface area contributed by atoms with E-state index in [4.69, 9.17) is 5.73 Å². The number of primary amides is 1. The maximum absolute atomic E-state index is 10.8. The van der Waals surface area contributed by atoms with Crippen LogP contribution in [0.5, 0.6) is 0 Å². The molecule has 0 heterocycles. The first-order valence-corrected chi connectivity index (χ1v) is 7.57. The molecule has 0 atom stereocenters. The summed E-state index contributed by atoms with van der Waals surface area (Å²) in [7, 11) is 0. The molecule has 1 fully saturated rings. The maximum atomic E-state index is 10.8. The summed E-state index contributed by atoms with van der Waals surface area (Å²) < 4.78 is 0. The fraction of sp³-hybridized carbons (Fsp3) is 0.625. The molecule has 0 unspecified atom stereocenters. The second kappa shape index (κ2) is 5.08. The summed E-state index contributed by atoms with van der Waals surface area (Å²) in [5, 5.41) is 4.20. The Kier molecular flexibility index (Phi) is 3.40. The molecule has 0 aliphatic heterocycles. The molecule has 2 amide bonds. The van der Waals surface area contributed by atoms with Gasteiger partial charge in [-0.3, -0.25) is 0 Å². The van der Waals surface area contributed by atoms with Crippen molar-refractivity contribution in [3.05, 3.63) is 24.3 Å². The number of urea groups is 1. The van der Waals surface area contributed by atoms with Crippen molar-refractivity contribution in [3.8, 4) is 0 Å². The molecule has 3 rings (SSSR count). The zero-order valence-electron chi connectivity index (χ0n) is 11.9. The Morgan fingerprint density at radius 3 is 1.85 bits per heavy atom. The van der Waals surface area contributed by atoms with Gasteiger partial charge in [-0.05, 0) is 62.2 Å². The normalized spacial score (nSPS) is 35.7. The molecular weight excluding hydrogens is 250 g/mol. The number of rotatable bonds is 1. The van der Waals surface area contributed by atoms with E-state index in [1.807, 2.05) is 0 Å². The van der Waals surface area contributed by atoms with Gasteiger partial charge in [-0.2, -0.15) is 5.10 Å². The minimum Gasteiger partial charge on any atom is -0.350 e. The van der Waals surface area contributed by atoms with Gasteiger partial charge in [0.15, 0.2) is 0 Å². The molecule has 4 heteroatoms. The van der Waals surface area contributed by atoms with Crippen molar-refractivity contribution >= 4 is 11.7 Å². The van der Waals surface area contributed by atoms with E-state index in [2.05, 4.69) is 34.8 Å². The second-order valence-electron chi connectivity index (χ2n) is 6.47. The third kappa shape index (κ3) is 2.17. The largest absolute Gasteiger partial charge is 0.350 e. The van der Waals surface area contributed by atoms with Crippen LogP contribution in [0.15, 0.2) is 29.4 Å². The van der Waals surface area contributed by atoms with Crippen LogP contribution in [0.1, 0.15) is 51.4 Å². The van der Waals surface area contributed by atoms with E-state index >= 15 is 0 Å². The third-order valence-electron chi connectivity index (χ3n) is 5.60. The van der Waals surface area contributed by atoms with Gasteiger partial charge in [-0.25, -0.2) is 10.2 Å². The molecule has 3 aliphatic carbocycles. The summed E-state index contributed by atoms with van der Waals surface area (Å²) in [5.74, 6) is 0. The Morgan fingerprint density at radius 2 is 1.45 bits per heavy atom. The van der Waals surface area contributed by atoms with Crippen LogP contribution >= 0.6 is 0 Å². The Morgan fingerprint density at radius 1 is 1.00 bits per heavy atom. The molecule has 3 N–H and O–H groups in total. The molecule has 0 bridgehead atoms. The summed E-state index contributed by atoms with van der Waals surface area (Å²) in [6.07, 6.45) is 18.5. The van der Waals surface area contributed by atoms with E-state index in [0.29, 0.717) is 10.8 Å². The van der Waals surface area contributed by atoms with Crippen LogP contribution in [-0.4, -0.2) is 11.7 Å². The van der Waals surface area contributed by atoms with Crippen LogP contribution < -0.4 is 11.2 Å². The molecule has 1 saturated carbocycles. The number of hydrazone groups is 1. The quantitative estimate of drug-likeness (QED) is 0.559. The highest BCUT2D eigenvalue weighted by Gasteiger charge is 2.51. The average molecular weight is 273 g/mol. The van der Waals surface area contributed by atoms with E-state index in [1.165, 1.54) is 38.5 Å². The van der Waals surface area contributed by atoms with Crippen molar-refractivity contribution in [2.24, 2.45) is 21.7 Å². The Balaban J connectivity index is 1.85.